The summed E-state index contributed by atoms with van der Waals surface area (Å²) >= 11 is 6.60. The van der Waals surface area contributed by atoms with Crippen LogP contribution in [0.15, 0.2) is 58.4 Å². The number of aryl methyl sites for hydroxylation is 1. The van der Waals surface area contributed by atoms with Gasteiger partial charge in [-0.25, -0.2) is 4.98 Å². The molecule has 4 rings (SSSR count). The van der Waals surface area contributed by atoms with Gasteiger partial charge in [0.2, 0.25) is 0 Å². The molecule has 1 N–H and O–H groups in total. The Morgan fingerprint density at radius 2 is 1.97 bits per heavy atom. The number of hydrogen-bond donors (Lipinski definition) is 1. The zero-order chi connectivity index (χ0) is 23.4. The number of methoxy groups -OCH3 is 1. The van der Waals surface area contributed by atoms with E-state index in [-0.39, 0.29) is 11.5 Å². The van der Waals surface area contributed by atoms with Crippen molar-refractivity contribution in [2.45, 2.75) is 19.9 Å². The summed E-state index contributed by atoms with van der Waals surface area (Å²) in [6, 6.07) is 13.5. The van der Waals surface area contributed by atoms with Gasteiger partial charge in [-0.1, -0.05) is 59.9 Å². The first kappa shape index (κ1) is 23.2. The van der Waals surface area contributed by atoms with Gasteiger partial charge in [0.1, 0.15) is 15.8 Å². The SMILES string of the molecule is COCCCN1C(=O)/C(=C/c2c(NCc3ccc(C)cc3)nc3ccccn3c2=O)SC1=S. The van der Waals surface area contributed by atoms with Crippen molar-refractivity contribution >= 4 is 51.7 Å². The number of nitrogens with zero attached hydrogens (tertiary/aromatic N) is 3. The summed E-state index contributed by atoms with van der Waals surface area (Å²) in [4.78, 5) is 32.9. The summed E-state index contributed by atoms with van der Waals surface area (Å²) in [5.74, 6) is 0.222. The van der Waals surface area contributed by atoms with Gasteiger partial charge in [0.25, 0.3) is 11.5 Å². The van der Waals surface area contributed by atoms with Crippen molar-refractivity contribution in [3.05, 3.63) is 80.6 Å². The Labute approximate surface area is 201 Å². The molecule has 1 aliphatic heterocycles. The van der Waals surface area contributed by atoms with E-state index in [1.165, 1.54) is 21.7 Å². The molecule has 0 aliphatic carbocycles. The van der Waals surface area contributed by atoms with Gasteiger partial charge < -0.3 is 10.1 Å². The Kier molecular flexibility index (Phi) is 7.22. The third kappa shape index (κ3) is 5.16. The van der Waals surface area contributed by atoms with Gasteiger partial charge in [-0.15, -0.1) is 0 Å². The van der Waals surface area contributed by atoms with E-state index in [1.807, 2.05) is 37.3 Å². The predicted octanol–water partition coefficient (Wildman–Crippen LogP) is 3.85. The summed E-state index contributed by atoms with van der Waals surface area (Å²) in [5.41, 5.74) is 2.83. The van der Waals surface area contributed by atoms with Crippen molar-refractivity contribution in [3.63, 3.8) is 0 Å². The van der Waals surface area contributed by atoms with Crippen LogP contribution in [0.5, 0.6) is 0 Å². The fraction of sp³-hybridized carbons (Fsp3) is 0.250. The summed E-state index contributed by atoms with van der Waals surface area (Å²) in [7, 11) is 1.62. The minimum absolute atomic E-state index is 0.205. The number of carbonyl (C=O) groups excluding carboxylic acids is 1. The van der Waals surface area contributed by atoms with Crippen molar-refractivity contribution < 1.29 is 9.53 Å². The van der Waals surface area contributed by atoms with Crippen molar-refractivity contribution in [1.82, 2.24) is 14.3 Å². The van der Waals surface area contributed by atoms with Crippen LogP contribution in [-0.2, 0) is 16.1 Å². The molecule has 3 heterocycles. The van der Waals surface area contributed by atoms with E-state index in [9.17, 15) is 9.59 Å². The zero-order valence-electron chi connectivity index (χ0n) is 18.4. The molecule has 170 valence electrons. The monoisotopic (exact) mass is 480 g/mol. The van der Waals surface area contributed by atoms with Crippen molar-refractivity contribution in [1.29, 1.82) is 0 Å². The van der Waals surface area contributed by atoms with Crippen LogP contribution in [0, 0.1) is 6.92 Å². The largest absolute Gasteiger partial charge is 0.385 e. The molecule has 0 saturated carbocycles. The van der Waals surface area contributed by atoms with Crippen LogP contribution < -0.4 is 10.9 Å². The molecular formula is C24H24N4O3S2. The molecule has 9 heteroatoms. The zero-order valence-corrected chi connectivity index (χ0v) is 20.0. The maximum Gasteiger partial charge on any atom is 0.267 e. The summed E-state index contributed by atoms with van der Waals surface area (Å²) in [6.07, 6.45) is 3.95. The molecule has 1 aliphatic rings. The number of rotatable bonds is 8. The Hall–Kier alpha value is -3.01. The molecular weight excluding hydrogens is 456 g/mol. The normalized spacial score (nSPS) is 15.1. The molecule has 0 radical (unpaired) electrons. The molecule has 1 saturated heterocycles. The van der Waals surface area contributed by atoms with Crippen LogP contribution in [0.3, 0.4) is 0 Å². The Bertz CT molecular complexity index is 1290. The number of amides is 1. The first-order valence-corrected chi connectivity index (χ1v) is 11.8. The predicted molar refractivity (Wildman–Crippen MR) is 136 cm³/mol. The van der Waals surface area contributed by atoms with Gasteiger partial charge in [0, 0.05) is 33.0 Å². The number of ether oxygens (including phenoxy) is 1. The highest BCUT2D eigenvalue weighted by molar-refractivity contribution is 8.26. The van der Waals surface area contributed by atoms with Crippen LogP contribution >= 0.6 is 24.0 Å². The molecule has 1 amide bonds. The molecule has 0 unspecified atom stereocenters. The second kappa shape index (κ2) is 10.3. The lowest BCUT2D eigenvalue weighted by molar-refractivity contribution is -0.122. The van der Waals surface area contributed by atoms with Crippen LogP contribution in [-0.4, -0.2) is 44.8 Å². The van der Waals surface area contributed by atoms with Gasteiger partial charge in [-0.3, -0.25) is 18.9 Å². The molecule has 33 heavy (non-hydrogen) atoms. The van der Waals surface area contributed by atoms with Gasteiger partial charge in [-0.05, 0) is 37.1 Å². The highest BCUT2D eigenvalue weighted by Crippen LogP contribution is 2.33. The van der Waals surface area contributed by atoms with Gasteiger partial charge in [-0.2, -0.15) is 0 Å². The van der Waals surface area contributed by atoms with Crippen molar-refractivity contribution in [2.75, 3.05) is 25.6 Å². The Morgan fingerprint density at radius 3 is 2.73 bits per heavy atom. The average molecular weight is 481 g/mol. The fourth-order valence-electron chi connectivity index (χ4n) is 3.45. The lowest BCUT2D eigenvalue weighted by Gasteiger charge is -2.13. The van der Waals surface area contributed by atoms with E-state index in [0.29, 0.717) is 52.4 Å². The lowest BCUT2D eigenvalue weighted by atomic mass is 10.1. The number of pyridine rings is 1. The molecule has 0 atom stereocenters. The number of hydrogen-bond acceptors (Lipinski definition) is 7. The van der Waals surface area contributed by atoms with E-state index in [1.54, 1.807) is 36.4 Å². The van der Waals surface area contributed by atoms with Crippen LogP contribution in [0.4, 0.5) is 5.82 Å². The fourth-order valence-corrected chi connectivity index (χ4v) is 4.74. The first-order chi connectivity index (χ1) is 16.0. The minimum Gasteiger partial charge on any atom is -0.385 e. The number of aromatic nitrogens is 2. The van der Waals surface area contributed by atoms with Crippen molar-refractivity contribution in [2.24, 2.45) is 0 Å². The number of carbonyl (C=O) groups is 1. The number of thioether (sulfide) groups is 1. The number of anilines is 1. The molecule has 1 fully saturated rings. The summed E-state index contributed by atoms with van der Waals surface area (Å²) in [5, 5.41) is 3.28. The third-order valence-corrected chi connectivity index (χ3v) is 6.61. The highest BCUT2D eigenvalue weighted by Gasteiger charge is 2.32. The smallest absolute Gasteiger partial charge is 0.267 e. The van der Waals surface area contributed by atoms with E-state index < -0.39 is 0 Å². The van der Waals surface area contributed by atoms with E-state index in [4.69, 9.17) is 17.0 Å². The summed E-state index contributed by atoms with van der Waals surface area (Å²) in [6.45, 7) is 3.55. The number of benzene rings is 1. The first-order valence-electron chi connectivity index (χ1n) is 10.5. The van der Waals surface area contributed by atoms with Crippen molar-refractivity contribution in [3.8, 4) is 0 Å². The quantitative estimate of drug-likeness (QED) is 0.298. The molecule has 0 spiro atoms. The van der Waals surface area contributed by atoms with Gasteiger partial charge in [0.05, 0.1) is 10.5 Å². The standard InChI is InChI=1S/C24H24N4O3S2/c1-16-7-9-17(10-8-16)15-25-21-18(22(29)27-11-4-3-6-20(27)26-21)14-19-23(30)28(24(32)33-19)12-5-13-31-2/h3-4,6-11,14,25H,5,12-13,15H2,1-2H3/b19-14-. The molecule has 1 aromatic carbocycles. The lowest BCUT2D eigenvalue weighted by Crippen LogP contribution is -2.29. The molecule has 3 aromatic rings. The maximum absolute atomic E-state index is 13.3. The maximum atomic E-state index is 13.3. The molecule has 0 bridgehead atoms. The number of thiocarbonyl (C=S) groups is 1. The number of fused-ring (bicyclic) bond motifs is 1. The second-order valence-electron chi connectivity index (χ2n) is 7.63. The highest BCUT2D eigenvalue weighted by atomic mass is 32.2. The average Bonchev–Trinajstić information content (AvgIpc) is 3.08. The van der Waals surface area contributed by atoms with Gasteiger partial charge in [0.15, 0.2) is 0 Å². The topological polar surface area (TPSA) is 75.9 Å². The number of nitrogens with one attached hydrogen (secondary N) is 1. The van der Waals surface area contributed by atoms with E-state index in [0.717, 1.165) is 5.56 Å². The molecule has 2 aromatic heterocycles. The Morgan fingerprint density at radius 1 is 1.18 bits per heavy atom. The Balaban J connectivity index is 1.69. The van der Waals surface area contributed by atoms with Gasteiger partial charge >= 0.3 is 0 Å². The summed E-state index contributed by atoms with van der Waals surface area (Å²) < 4.78 is 7.03. The van der Waals surface area contributed by atoms with Crippen LogP contribution in [0.1, 0.15) is 23.1 Å². The van der Waals surface area contributed by atoms with Crippen LogP contribution in [0.25, 0.3) is 11.7 Å². The van der Waals surface area contributed by atoms with E-state index in [2.05, 4.69) is 10.3 Å². The molecule has 7 nitrogen and oxygen atoms in total. The van der Waals surface area contributed by atoms with E-state index >= 15 is 0 Å². The second-order valence-corrected chi connectivity index (χ2v) is 9.30. The third-order valence-electron chi connectivity index (χ3n) is 5.23. The minimum atomic E-state index is -0.253. The van der Waals surface area contributed by atoms with Crippen LogP contribution in [0.2, 0.25) is 0 Å².